The summed E-state index contributed by atoms with van der Waals surface area (Å²) in [5.41, 5.74) is 8.18. The molecule has 136 valence electrons. The van der Waals surface area contributed by atoms with Crippen molar-refractivity contribution in [2.45, 2.75) is 6.92 Å². The highest BCUT2D eigenvalue weighted by Crippen LogP contribution is 2.26. The van der Waals surface area contributed by atoms with Gasteiger partial charge in [-0.25, -0.2) is 4.39 Å². The van der Waals surface area contributed by atoms with Crippen LogP contribution in [0.4, 0.5) is 15.8 Å². The lowest BCUT2D eigenvalue weighted by Crippen LogP contribution is -2.41. The van der Waals surface area contributed by atoms with Crippen LogP contribution in [0.5, 0.6) is 5.75 Å². The van der Waals surface area contributed by atoms with E-state index in [1.54, 1.807) is 12.1 Å². The van der Waals surface area contributed by atoms with Crippen molar-refractivity contribution in [1.29, 1.82) is 0 Å². The second kappa shape index (κ2) is 7.92. The van der Waals surface area contributed by atoms with Gasteiger partial charge in [0, 0.05) is 5.56 Å². The van der Waals surface area contributed by atoms with Crippen molar-refractivity contribution in [3.8, 4) is 5.75 Å². The van der Waals surface area contributed by atoms with Gasteiger partial charge in [0.25, 0.3) is 17.5 Å². The molecule has 0 heterocycles. The molecular formula is C16H15FN4O5. The zero-order valence-corrected chi connectivity index (χ0v) is 13.6. The van der Waals surface area contributed by atoms with Gasteiger partial charge in [-0.2, -0.15) is 0 Å². The molecule has 9 nitrogen and oxygen atoms in total. The Morgan fingerprint density at radius 2 is 1.81 bits per heavy atom. The van der Waals surface area contributed by atoms with Crippen molar-refractivity contribution in [1.82, 2.24) is 10.9 Å². The van der Waals surface area contributed by atoms with Gasteiger partial charge in [0.15, 0.2) is 0 Å². The van der Waals surface area contributed by atoms with Crippen molar-refractivity contribution >= 4 is 23.2 Å². The molecule has 0 unspecified atom stereocenters. The highest BCUT2D eigenvalue weighted by Gasteiger charge is 2.22. The van der Waals surface area contributed by atoms with Crippen LogP contribution in [-0.4, -0.2) is 23.3 Å². The number of hydrogen-bond donors (Lipinski definition) is 3. The summed E-state index contributed by atoms with van der Waals surface area (Å²) in [7, 11) is 0. The number of rotatable bonds is 5. The molecule has 0 aliphatic heterocycles. The Morgan fingerprint density at radius 3 is 2.38 bits per heavy atom. The molecular weight excluding hydrogens is 347 g/mol. The largest absolute Gasteiger partial charge is 0.494 e. The number of halogens is 1. The molecule has 0 bridgehead atoms. The van der Waals surface area contributed by atoms with Gasteiger partial charge in [0.2, 0.25) is 0 Å². The van der Waals surface area contributed by atoms with Crippen LogP contribution in [0.15, 0.2) is 36.4 Å². The second-order valence-corrected chi connectivity index (χ2v) is 5.01. The zero-order valence-electron chi connectivity index (χ0n) is 13.6. The predicted octanol–water partition coefficient (Wildman–Crippen LogP) is 1.79. The molecule has 2 rings (SSSR count). The summed E-state index contributed by atoms with van der Waals surface area (Å²) in [5, 5.41) is 10.8. The molecule has 2 amide bonds. The number of nitro benzene ring substituents is 1. The Kier molecular flexibility index (Phi) is 5.68. The number of nitrogens with one attached hydrogen (secondary N) is 2. The molecule has 0 fully saturated rings. The zero-order chi connectivity index (χ0) is 19.3. The van der Waals surface area contributed by atoms with Crippen LogP contribution in [0, 0.1) is 15.9 Å². The average molecular weight is 362 g/mol. The van der Waals surface area contributed by atoms with E-state index in [9.17, 15) is 24.1 Å². The third kappa shape index (κ3) is 4.23. The maximum Gasteiger partial charge on any atom is 0.295 e. The maximum absolute atomic E-state index is 13.5. The van der Waals surface area contributed by atoms with Gasteiger partial charge in [-0.1, -0.05) is 0 Å². The molecule has 4 N–H and O–H groups in total. The van der Waals surface area contributed by atoms with E-state index in [4.69, 9.17) is 10.5 Å². The maximum atomic E-state index is 13.5. The molecule has 2 aromatic carbocycles. The number of carbonyl (C=O) groups is 2. The van der Waals surface area contributed by atoms with E-state index < -0.39 is 39.5 Å². The Labute approximate surface area is 147 Å². The first-order valence-electron chi connectivity index (χ1n) is 7.40. The number of hydrogen-bond acceptors (Lipinski definition) is 6. The standard InChI is InChI=1S/C16H15FN4O5/c1-2-26-11-5-3-9(4-6-11)15(22)19-20-16(23)12-7-10(17)8-13(14(12)18)21(24)25/h3-8H,2,18H2,1H3,(H,19,22)(H,20,23). The van der Waals surface area contributed by atoms with E-state index in [0.717, 1.165) is 6.07 Å². The monoisotopic (exact) mass is 362 g/mol. The number of hydrazine groups is 1. The molecule has 0 aliphatic rings. The first-order valence-corrected chi connectivity index (χ1v) is 7.40. The van der Waals surface area contributed by atoms with Crippen LogP contribution >= 0.6 is 0 Å². The second-order valence-electron chi connectivity index (χ2n) is 5.01. The quantitative estimate of drug-likeness (QED) is 0.421. The van der Waals surface area contributed by atoms with E-state index in [-0.39, 0.29) is 5.56 Å². The minimum atomic E-state index is -1.01. The first kappa shape index (κ1) is 18.6. The predicted molar refractivity (Wildman–Crippen MR) is 90.0 cm³/mol. The van der Waals surface area contributed by atoms with E-state index >= 15 is 0 Å². The van der Waals surface area contributed by atoms with Crippen molar-refractivity contribution in [2.24, 2.45) is 0 Å². The first-order chi connectivity index (χ1) is 12.3. The topological polar surface area (TPSA) is 137 Å². The summed E-state index contributed by atoms with van der Waals surface area (Å²) in [4.78, 5) is 34.0. The molecule has 10 heteroatoms. The van der Waals surface area contributed by atoms with E-state index in [1.807, 2.05) is 12.3 Å². The van der Waals surface area contributed by atoms with Gasteiger partial charge in [-0.15, -0.1) is 0 Å². The normalized spacial score (nSPS) is 10.1. The molecule has 0 radical (unpaired) electrons. The third-order valence-electron chi connectivity index (χ3n) is 3.28. The molecule has 0 atom stereocenters. The number of anilines is 1. The smallest absolute Gasteiger partial charge is 0.295 e. The van der Waals surface area contributed by atoms with Gasteiger partial charge < -0.3 is 10.5 Å². The molecule has 0 spiro atoms. The number of benzene rings is 2. The number of nitrogens with zero attached hydrogens (tertiary/aromatic N) is 1. The summed E-state index contributed by atoms with van der Waals surface area (Å²) >= 11 is 0. The van der Waals surface area contributed by atoms with Gasteiger partial charge in [-0.05, 0) is 37.3 Å². The molecule has 0 aromatic heterocycles. The molecule has 2 aromatic rings. The van der Waals surface area contributed by atoms with E-state index in [2.05, 4.69) is 5.43 Å². The van der Waals surface area contributed by atoms with E-state index in [1.165, 1.54) is 12.1 Å². The van der Waals surface area contributed by atoms with Gasteiger partial charge in [-0.3, -0.25) is 30.6 Å². The van der Waals surface area contributed by atoms with Gasteiger partial charge in [0.05, 0.1) is 23.2 Å². The van der Waals surface area contributed by atoms with Crippen molar-refractivity contribution < 1.29 is 23.6 Å². The fourth-order valence-electron chi connectivity index (χ4n) is 2.06. The van der Waals surface area contributed by atoms with Crippen LogP contribution in [0.25, 0.3) is 0 Å². The van der Waals surface area contributed by atoms with Crippen LogP contribution in [0.2, 0.25) is 0 Å². The molecule has 26 heavy (non-hydrogen) atoms. The number of nitro groups is 1. The van der Waals surface area contributed by atoms with Gasteiger partial charge >= 0.3 is 0 Å². The molecule has 0 saturated heterocycles. The highest BCUT2D eigenvalue weighted by atomic mass is 19.1. The third-order valence-corrected chi connectivity index (χ3v) is 3.28. The van der Waals surface area contributed by atoms with Crippen LogP contribution in [0.1, 0.15) is 27.6 Å². The SMILES string of the molecule is CCOc1ccc(C(=O)NNC(=O)c2cc(F)cc([N+](=O)[O-])c2N)cc1. The average Bonchev–Trinajstić information content (AvgIpc) is 2.61. The van der Waals surface area contributed by atoms with Crippen molar-refractivity contribution in [3.05, 3.63) is 63.5 Å². The Balaban J connectivity index is 2.08. The Morgan fingerprint density at radius 1 is 1.19 bits per heavy atom. The summed E-state index contributed by atoms with van der Waals surface area (Å²) in [6.45, 7) is 2.29. The van der Waals surface area contributed by atoms with E-state index in [0.29, 0.717) is 18.4 Å². The fourth-order valence-corrected chi connectivity index (χ4v) is 2.06. The summed E-state index contributed by atoms with van der Waals surface area (Å²) in [6, 6.07) is 7.45. The van der Waals surface area contributed by atoms with Crippen LogP contribution in [-0.2, 0) is 0 Å². The van der Waals surface area contributed by atoms with Crippen molar-refractivity contribution in [3.63, 3.8) is 0 Å². The number of nitrogens with two attached hydrogens (primary N) is 1. The number of carbonyl (C=O) groups excluding carboxylic acids is 2. The number of nitrogen functional groups attached to an aromatic ring is 1. The Hall–Kier alpha value is -3.69. The lowest BCUT2D eigenvalue weighted by molar-refractivity contribution is -0.384. The number of ether oxygens (including phenoxy) is 1. The summed E-state index contributed by atoms with van der Waals surface area (Å²) in [6.07, 6.45) is 0. The Bertz CT molecular complexity index is 854. The lowest BCUT2D eigenvalue weighted by atomic mass is 10.1. The van der Waals surface area contributed by atoms with Crippen molar-refractivity contribution in [2.75, 3.05) is 12.3 Å². The molecule has 0 saturated carbocycles. The minimum absolute atomic E-state index is 0.229. The minimum Gasteiger partial charge on any atom is -0.494 e. The summed E-state index contributed by atoms with van der Waals surface area (Å²) in [5.74, 6) is -2.07. The highest BCUT2D eigenvalue weighted by molar-refractivity contribution is 6.03. The van der Waals surface area contributed by atoms with Crippen LogP contribution in [0.3, 0.4) is 0 Å². The molecule has 0 aliphatic carbocycles. The number of amides is 2. The lowest BCUT2D eigenvalue weighted by Gasteiger charge is -2.10. The van der Waals surface area contributed by atoms with Gasteiger partial charge in [0.1, 0.15) is 17.3 Å². The fraction of sp³-hybridized carbons (Fsp3) is 0.125. The van der Waals surface area contributed by atoms with Crippen LogP contribution < -0.4 is 21.3 Å². The summed E-state index contributed by atoms with van der Waals surface area (Å²) < 4.78 is 18.7.